The minimum atomic E-state index is -3.51. The second-order valence-corrected chi connectivity index (χ2v) is 8.41. The smallest absolute Gasteiger partial charge is 0.342 e. The fourth-order valence-electron chi connectivity index (χ4n) is 4.43. The molecule has 1 aliphatic heterocycles. The van der Waals surface area contributed by atoms with Gasteiger partial charge in [0, 0.05) is 30.9 Å². The number of halogens is 2. The van der Waals surface area contributed by atoms with E-state index in [-0.39, 0.29) is 24.4 Å². The maximum absolute atomic E-state index is 15.0. The largest absolute Gasteiger partial charge is 0.355 e. The van der Waals surface area contributed by atoms with Gasteiger partial charge < -0.3 is 20.4 Å². The zero-order chi connectivity index (χ0) is 23.6. The predicted octanol–water partition coefficient (Wildman–Crippen LogP) is 3.72. The van der Waals surface area contributed by atoms with Crippen LogP contribution >= 0.6 is 0 Å². The van der Waals surface area contributed by atoms with Gasteiger partial charge in [0.15, 0.2) is 5.82 Å². The summed E-state index contributed by atoms with van der Waals surface area (Å²) in [4.78, 5) is 36.1. The third-order valence-corrected chi connectivity index (χ3v) is 6.08. The Morgan fingerprint density at radius 1 is 1.21 bits per heavy atom. The van der Waals surface area contributed by atoms with Crippen LogP contribution in [0.2, 0.25) is 0 Å². The van der Waals surface area contributed by atoms with Crippen molar-refractivity contribution in [2.75, 3.05) is 35.3 Å². The summed E-state index contributed by atoms with van der Waals surface area (Å²) in [6.07, 6.45) is 5.46. The molecule has 2 N–H and O–H groups in total. The highest BCUT2D eigenvalue weighted by Crippen LogP contribution is 2.40. The number of carbonyl (C=O) groups excluding carboxylic acids is 2. The number of fused-ring (bicyclic) bond motifs is 1. The van der Waals surface area contributed by atoms with Crippen molar-refractivity contribution < 1.29 is 18.4 Å². The first kappa shape index (κ1) is 22.9. The molecular weight excluding hydrogens is 430 g/mol. The molecule has 0 radical (unpaired) electrons. The molecule has 1 aromatic heterocycles. The Bertz CT molecular complexity index is 1020. The SMILES string of the molecule is CCCN1C(=O)C(F)(F)CN(C2CCCC2)c2nc(Nc3ccc(C(=O)NC)cc3)ncc21. The van der Waals surface area contributed by atoms with Crippen LogP contribution in [0.3, 0.4) is 0 Å². The van der Waals surface area contributed by atoms with Gasteiger partial charge in [-0.2, -0.15) is 13.8 Å². The average molecular weight is 459 g/mol. The first-order valence-electron chi connectivity index (χ1n) is 11.3. The van der Waals surface area contributed by atoms with Gasteiger partial charge in [-0.25, -0.2) is 4.98 Å². The Morgan fingerprint density at radius 2 is 1.91 bits per heavy atom. The quantitative estimate of drug-likeness (QED) is 0.686. The molecule has 1 fully saturated rings. The van der Waals surface area contributed by atoms with Crippen molar-refractivity contribution in [2.24, 2.45) is 0 Å². The molecule has 0 bridgehead atoms. The van der Waals surface area contributed by atoms with Crippen molar-refractivity contribution in [2.45, 2.75) is 51.0 Å². The van der Waals surface area contributed by atoms with Crippen LogP contribution in [0.25, 0.3) is 0 Å². The van der Waals surface area contributed by atoms with E-state index in [2.05, 4.69) is 20.6 Å². The molecule has 33 heavy (non-hydrogen) atoms. The van der Waals surface area contributed by atoms with Gasteiger partial charge in [-0.05, 0) is 43.5 Å². The Hall–Kier alpha value is -3.30. The lowest BCUT2D eigenvalue weighted by molar-refractivity contribution is -0.141. The van der Waals surface area contributed by atoms with Gasteiger partial charge in [-0.3, -0.25) is 9.59 Å². The lowest BCUT2D eigenvalue weighted by atomic mass is 10.2. The van der Waals surface area contributed by atoms with Crippen LogP contribution < -0.4 is 20.4 Å². The van der Waals surface area contributed by atoms with E-state index < -0.39 is 18.4 Å². The normalized spacial score (nSPS) is 18.1. The van der Waals surface area contributed by atoms with Crippen molar-refractivity contribution in [1.29, 1.82) is 0 Å². The van der Waals surface area contributed by atoms with E-state index in [9.17, 15) is 18.4 Å². The third kappa shape index (κ3) is 4.60. The molecule has 1 aliphatic carbocycles. The molecule has 0 unspecified atom stereocenters. The third-order valence-electron chi connectivity index (χ3n) is 6.08. The van der Waals surface area contributed by atoms with E-state index in [1.807, 2.05) is 6.92 Å². The predicted molar refractivity (Wildman–Crippen MR) is 122 cm³/mol. The molecule has 0 saturated heterocycles. The fraction of sp³-hybridized carbons (Fsp3) is 0.478. The average Bonchev–Trinajstić information content (AvgIpc) is 3.33. The number of anilines is 4. The molecule has 10 heteroatoms. The number of hydrogen-bond donors (Lipinski definition) is 2. The molecule has 0 spiro atoms. The van der Waals surface area contributed by atoms with E-state index in [0.29, 0.717) is 29.2 Å². The summed E-state index contributed by atoms with van der Waals surface area (Å²) >= 11 is 0. The minimum absolute atomic E-state index is 0.0985. The fourth-order valence-corrected chi connectivity index (χ4v) is 4.43. The van der Waals surface area contributed by atoms with Gasteiger partial charge in [0.05, 0.1) is 12.7 Å². The van der Waals surface area contributed by atoms with Gasteiger partial charge in [-0.15, -0.1) is 0 Å². The summed E-state index contributed by atoms with van der Waals surface area (Å²) in [5, 5.41) is 5.64. The lowest BCUT2D eigenvalue weighted by Gasteiger charge is -2.31. The Labute approximate surface area is 191 Å². The van der Waals surface area contributed by atoms with Gasteiger partial charge >= 0.3 is 5.92 Å². The summed E-state index contributed by atoms with van der Waals surface area (Å²) in [6.45, 7) is 1.31. The first-order chi connectivity index (χ1) is 15.8. The number of amides is 2. The maximum Gasteiger partial charge on any atom is 0.342 e. The number of nitrogens with zero attached hydrogens (tertiary/aromatic N) is 4. The molecule has 2 aromatic rings. The molecule has 2 amide bonds. The first-order valence-corrected chi connectivity index (χ1v) is 11.3. The highest BCUT2D eigenvalue weighted by molar-refractivity contribution is 6.02. The summed E-state index contributed by atoms with van der Waals surface area (Å²) in [6, 6.07) is 6.67. The van der Waals surface area contributed by atoms with E-state index >= 15 is 0 Å². The second-order valence-electron chi connectivity index (χ2n) is 8.41. The molecular formula is C23H28F2N6O2. The van der Waals surface area contributed by atoms with E-state index in [4.69, 9.17) is 0 Å². The molecule has 4 rings (SSSR count). The summed E-state index contributed by atoms with van der Waals surface area (Å²) in [5.74, 6) is -4.34. The number of aromatic nitrogens is 2. The van der Waals surface area contributed by atoms with Gasteiger partial charge in [0.1, 0.15) is 5.69 Å². The van der Waals surface area contributed by atoms with Crippen LogP contribution in [0.4, 0.5) is 31.9 Å². The highest BCUT2D eigenvalue weighted by atomic mass is 19.3. The van der Waals surface area contributed by atoms with Crippen LogP contribution in [0.1, 0.15) is 49.4 Å². The van der Waals surface area contributed by atoms with Crippen molar-refractivity contribution in [3.8, 4) is 0 Å². The number of alkyl halides is 2. The molecule has 1 aromatic carbocycles. The van der Waals surface area contributed by atoms with Gasteiger partial charge in [0.2, 0.25) is 5.95 Å². The van der Waals surface area contributed by atoms with Crippen LogP contribution in [0.5, 0.6) is 0 Å². The molecule has 1 saturated carbocycles. The number of rotatable bonds is 6. The van der Waals surface area contributed by atoms with Crippen LogP contribution in [-0.2, 0) is 4.79 Å². The summed E-state index contributed by atoms with van der Waals surface area (Å²) in [7, 11) is 1.56. The van der Waals surface area contributed by atoms with Gasteiger partial charge in [0.25, 0.3) is 11.8 Å². The number of nitrogens with one attached hydrogen (secondary N) is 2. The standard InChI is InChI=1S/C23H28F2N6O2/c1-3-12-30-18-13-27-22(28-16-10-8-15(9-11-16)20(32)26-2)29-19(18)31(17-6-4-5-7-17)14-23(24,25)21(30)33/h8-11,13,17H,3-7,12,14H2,1-2H3,(H,26,32)(H,27,28,29). The van der Waals surface area contributed by atoms with E-state index in [1.165, 1.54) is 6.20 Å². The molecule has 8 nitrogen and oxygen atoms in total. The maximum atomic E-state index is 15.0. The molecule has 0 atom stereocenters. The van der Waals surface area contributed by atoms with Crippen LogP contribution in [-0.4, -0.2) is 53.9 Å². The second kappa shape index (κ2) is 9.29. The van der Waals surface area contributed by atoms with Crippen molar-refractivity contribution in [3.63, 3.8) is 0 Å². The molecule has 2 aliphatic rings. The number of carbonyl (C=O) groups is 2. The number of hydrogen-bond acceptors (Lipinski definition) is 6. The van der Waals surface area contributed by atoms with E-state index in [1.54, 1.807) is 36.2 Å². The van der Waals surface area contributed by atoms with Crippen LogP contribution in [0, 0.1) is 0 Å². The minimum Gasteiger partial charge on any atom is -0.355 e. The highest BCUT2D eigenvalue weighted by Gasteiger charge is 2.49. The number of benzene rings is 1. The topological polar surface area (TPSA) is 90.5 Å². The van der Waals surface area contributed by atoms with E-state index in [0.717, 1.165) is 30.6 Å². The molecule has 2 heterocycles. The zero-order valence-electron chi connectivity index (χ0n) is 18.8. The van der Waals surface area contributed by atoms with Crippen LogP contribution in [0.15, 0.2) is 30.5 Å². The van der Waals surface area contributed by atoms with Crippen molar-refractivity contribution in [3.05, 3.63) is 36.0 Å². The Balaban J connectivity index is 1.71. The van der Waals surface area contributed by atoms with Crippen molar-refractivity contribution >= 4 is 35.0 Å². The monoisotopic (exact) mass is 458 g/mol. The Morgan fingerprint density at radius 3 is 2.55 bits per heavy atom. The zero-order valence-corrected chi connectivity index (χ0v) is 18.8. The van der Waals surface area contributed by atoms with Crippen molar-refractivity contribution in [1.82, 2.24) is 15.3 Å². The Kier molecular flexibility index (Phi) is 6.44. The summed E-state index contributed by atoms with van der Waals surface area (Å²) < 4.78 is 29.9. The summed E-state index contributed by atoms with van der Waals surface area (Å²) in [5.41, 5.74) is 1.47. The molecule has 176 valence electrons. The lowest BCUT2D eigenvalue weighted by Crippen LogP contribution is -2.49. The van der Waals surface area contributed by atoms with Gasteiger partial charge in [-0.1, -0.05) is 19.8 Å².